The SMILES string of the molecule is CCCN1CCC2(CC1)Oc1ccccc1[C@@H]1CC(c3ccccc3O)=NN12. The van der Waals surface area contributed by atoms with Crippen LogP contribution in [0.3, 0.4) is 0 Å². The summed E-state index contributed by atoms with van der Waals surface area (Å²) in [7, 11) is 0. The number of hydrogen-bond donors (Lipinski definition) is 1. The Kier molecular flexibility index (Phi) is 4.27. The number of ether oxygens (including phenoxy) is 1. The number of phenols is 1. The second-order valence-corrected chi connectivity index (χ2v) is 8.06. The summed E-state index contributed by atoms with van der Waals surface area (Å²) in [4.78, 5) is 2.52. The van der Waals surface area contributed by atoms with Gasteiger partial charge in [-0.1, -0.05) is 37.3 Å². The summed E-state index contributed by atoms with van der Waals surface area (Å²) in [5.74, 6) is 1.28. The van der Waals surface area contributed by atoms with Crippen molar-refractivity contribution in [1.29, 1.82) is 0 Å². The van der Waals surface area contributed by atoms with Gasteiger partial charge in [0.25, 0.3) is 0 Å². The van der Waals surface area contributed by atoms with Gasteiger partial charge in [0.1, 0.15) is 11.5 Å². The Morgan fingerprint density at radius 2 is 1.86 bits per heavy atom. The first-order valence-electron chi connectivity index (χ1n) is 10.4. The fourth-order valence-corrected chi connectivity index (χ4v) is 4.88. The zero-order valence-electron chi connectivity index (χ0n) is 16.3. The third-order valence-corrected chi connectivity index (χ3v) is 6.30. The van der Waals surface area contributed by atoms with Crippen LogP contribution in [0.15, 0.2) is 53.6 Å². The molecule has 5 rings (SSSR count). The van der Waals surface area contributed by atoms with E-state index in [1.54, 1.807) is 6.07 Å². The van der Waals surface area contributed by atoms with Crippen LogP contribution in [0.25, 0.3) is 0 Å². The highest BCUT2D eigenvalue weighted by Crippen LogP contribution is 2.50. The Bertz CT molecular complexity index is 902. The molecule has 1 spiro atoms. The summed E-state index contributed by atoms with van der Waals surface area (Å²) in [5, 5.41) is 17.6. The van der Waals surface area contributed by atoms with Crippen molar-refractivity contribution >= 4 is 5.71 Å². The van der Waals surface area contributed by atoms with E-state index in [0.717, 1.165) is 55.9 Å². The lowest BCUT2D eigenvalue weighted by Gasteiger charge is -2.51. The third-order valence-electron chi connectivity index (χ3n) is 6.30. The maximum Gasteiger partial charge on any atom is 0.200 e. The van der Waals surface area contributed by atoms with Crippen LogP contribution in [-0.4, -0.2) is 46.1 Å². The molecule has 1 atom stereocenters. The number of hydrazone groups is 1. The smallest absolute Gasteiger partial charge is 0.200 e. The molecule has 0 unspecified atom stereocenters. The molecule has 3 heterocycles. The van der Waals surface area contributed by atoms with Crippen molar-refractivity contribution in [2.24, 2.45) is 5.10 Å². The maximum atomic E-state index is 10.4. The number of rotatable bonds is 3. The van der Waals surface area contributed by atoms with Gasteiger partial charge in [0.15, 0.2) is 0 Å². The van der Waals surface area contributed by atoms with Crippen LogP contribution < -0.4 is 4.74 Å². The molecule has 0 aromatic heterocycles. The highest BCUT2D eigenvalue weighted by molar-refractivity contribution is 6.04. The minimum atomic E-state index is -0.393. The van der Waals surface area contributed by atoms with Crippen LogP contribution in [0, 0.1) is 0 Å². The van der Waals surface area contributed by atoms with E-state index in [1.165, 1.54) is 12.0 Å². The summed E-state index contributed by atoms with van der Waals surface area (Å²) >= 11 is 0. The van der Waals surface area contributed by atoms with Crippen LogP contribution in [0.1, 0.15) is 49.8 Å². The van der Waals surface area contributed by atoms with Crippen molar-refractivity contribution in [1.82, 2.24) is 9.91 Å². The molecule has 0 bridgehead atoms. The van der Waals surface area contributed by atoms with Gasteiger partial charge in [0, 0.05) is 43.5 Å². The molecule has 1 fully saturated rings. The van der Waals surface area contributed by atoms with E-state index in [-0.39, 0.29) is 6.04 Å². The van der Waals surface area contributed by atoms with Gasteiger partial charge in [-0.15, -0.1) is 0 Å². The standard InChI is InChI=1S/C23H27N3O2/c1-2-13-25-14-11-23(12-15-25)26-20(18-8-4-6-10-22(18)28-23)16-19(24-26)17-7-3-5-9-21(17)27/h3-10,20,27H,2,11-16H2,1H3/t20-/m0/s1. The lowest BCUT2D eigenvalue weighted by molar-refractivity contribution is -0.149. The average molecular weight is 377 g/mol. The summed E-state index contributed by atoms with van der Waals surface area (Å²) in [6.07, 6.45) is 3.85. The Balaban J connectivity index is 1.53. The van der Waals surface area contributed by atoms with Crippen LogP contribution >= 0.6 is 0 Å². The molecule has 3 aliphatic heterocycles. The molecular formula is C23H27N3O2. The van der Waals surface area contributed by atoms with Gasteiger partial charge < -0.3 is 14.7 Å². The second kappa shape index (κ2) is 6.82. The molecule has 3 aliphatic rings. The molecule has 146 valence electrons. The first-order valence-corrected chi connectivity index (χ1v) is 10.4. The second-order valence-electron chi connectivity index (χ2n) is 8.06. The topological polar surface area (TPSA) is 48.3 Å². The van der Waals surface area contributed by atoms with E-state index in [0.29, 0.717) is 5.75 Å². The molecule has 5 nitrogen and oxygen atoms in total. The van der Waals surface area contributed by atoms with E-state index in [1.807, 2.05) is 24.3 Å². The number of para-hydroxylation sites is 2. The van der Waals surface area contributed by atoms with E-state index >= 15 is 0 Å². The molecule has 0 saturated carbocycles. The summed E-state index contributed by atoms with van der Waals surface area (Å²) in [6, 6.07) is 16.0. The highest BCUT2D eigenvalue weighted by atomic mass is 16.5. The number of phenolic OH excluding ortho intramolecular Hbond substituents is 1. The van der Waals surface area contributed by atoms with Gasteiger partial charge in [-0.3, -0.25) is 0 Å². The largest absolute Gasteiger partial charge is 0.507 e. The normalized spacial score (nSPS) is 23.1. The number of hydrogen-bond acceptors (Lipinski definition) is 5. The molecular weight excluding hydrogens is 350 g/mol. The zero-order valence-corrected chi connectivity index (χ0v) is 16.3. The van der Waals surface area contributed by atoms with E-state index in [4.69, 9.17) is 9.84 Å². The molecule has 2 aromatic carbocycles. The van der Waals surface area contributed by atoms with Crippen molar-refractivity contribution in [3.63, 3.8) is 0 Å². The molecule has 28 heavy (non-hydrogen) atoms. The maximum absolute atomic E-state index is 10.4. The number of benzene rings is 2. The molecule has 0 radical (unpaired) electrons. The first-order chi connectivity index (χ1) is 13.7. The van der Waals surface area contributed by atoms with Crippen LogP contribution in [0.2, 0.25) is 0 Å². The van der Waals surface area contributed by atoms with Crippen molar-refractivity contribution in [2.45, 2.75) is 44.4 Å². The van der Waals surface area contributed by atoms with Gasteiger partial charge in [-0.2, -0.15) is 5.10 Å². The minimum Gasteiger partial charge on any atom is -0.507 e. The molecule has 5 heteroatoms. The number of fused-ring (bicyclic) bond motifs is 4. The fraction of sp³-hybridized carbons (Fsp3) is 0.435. The Hall–Kier alpha value is -2.53. The van der Waals surface area contributed by atoms with Crippen LogP contribution in [0.5, 0.6) is 11.5 Å². The zero-order chi connectivity index (χ0) is 19.1. The number of likely N-dealkylation sites (tertiary alicyclic amines) is 1. The fourth-order valence-electron chi connectivity index (χ4n) is 4.88. The number of nitrogens with zero attached hydrogens (tertiary/aromatic N) is 3. The molecule has 1 saturated heterocycles. The number of aromatic hydroxyl groups is 1. The van der Waals surface area contributed by atoms with Crippen molar-refractivity contribution in [2.75, 3.05) is 19.6 Å². The van der Waals surface area contributed by atoms with E-state index in [9.17, 15) is 5.11 Å². The summed E-state index contributed by atoms with van der Waals surface area (Å²) < 4.78 is 6.64. The van der Waals surface area contributed by atoms with E-state index in [2.05, 4.69) is 35.0 Å². The lowest BCUT2D eigenvalue weighted by atomic mass is 9.90. The predicted molar refractivity (Wildman–Crippen MR) is 110 cm³/mol. The van der Waals surface area contributed by atoms with Crippen molar-refractivity contribution in [3.05, 3.63) is 59.7 Å². The predicted octanol–water partition coefficient (Wildman–Crippen LogP) is 4.14. The van der Waals surface area contributed by atoms with Gasteiger partial charge in [-0.25, -0.2) is 5.01 Å². The average Bonchev–Trinajstić information content (AvgIpc) is 3.17. The van der Waals surface area contributed by atoms with Gasteiger partial charge >= 0.3 is 0 Å². The van der Waals surface area contributed by atoms with Crippen molar-refractivity contribution < 1.29 is 9.84 Å². The number of piperidine rings is 1. The molecule has 2 aromatic rings. The Labute approximate surface area is 166 Å². The van der Waals surface area contributed by atoms with Gasteiger partial charge in [0.2, 0.25) is 5.72 Å². The van der Waals surface area contributed by atoms with Crippen molar-refractivity contribution in [3.8, 4) is 11.5 Å². The van der Waals surface area contributed by atoms with Crippen LogP contribution in [-0.2, 0) is 0 Å². The molecule has 1 N–H and O–H groups in total. The monoisotopic (exact) mass is 377 g/mol. The lowest BCUT2D eigenvalue weighted by Crippen LogP contribution is -2.59. The quantitative estimate of drug-likeness (QED) is 0.873. The Morgan fingerprint density at radius 3 is 2.64 bits per heavy atom. The summed E-state index contributed by atoms with van der Waals surface area (Å²) in [5.41, 5.74) is 2.57. The third kappa shape index (κ3) is 2.76. The van der Waals surface area contributed by atoms with Crippen LogP contribution in [0.4, 0.5) is 0 Å². The van der Waals surface area contributed by atoms with E-state index < -0.39 is 5.72 Å². The molecule has 0 amide bonds. The Morgan fingerprint density at radius 1 is 1.11 bits per heavy atom. The van der Waals surface area contributed by atoms with Gasteiger partial charge in [0.05, 0.1) is 11.8 Å². The minimum absolute atomic E-state index is 0.164. The van der Waals surface area contributed by atoms with Gasteiger partial charge in [-0.05, 0) is 31.2 Å². The molecule has 0 aliphatic carbocycles. The summed E-state index contributed by atoms with van der Waals surface area (Å²) in [6.45, 7) is 5.43. The highest BCUT2D eigenvalue weighted by Gasteiger charge is 2.51. The first kappa shape index (κ1) is 17.6.